The minimum Gasteiger partial charge on any atom is -0.381 e. The zero-order chi connectivity index (χ0) is 24.8. The number of aromatic nitrogens is 4. The van der Waals surface area contributed by atoms with Gasteiger partial charge in [0.2, 0.25) is 0 Å². The summed E-state index contributed by atoms with van der Waals surface area (Å²) in [6, 6.07) is 12.4. The lowest BCUT2D eigenvalue weighted by Gasteiger charge is -2.34. The Balaban J connectivity index is 1.44. The molecule has 188 valence electrons. The predicted octanol–water partition coefficient (Wildman–Crippen LogP) is 4.43. The highest BCUT2D eigenvalue weighted by atomic mass is 16.5. The first-order valence-electron chi connectivity index (χ1n) is 13.1. The molecule has 4 aromatic rings. The van der Waals surface area contributed by atoms with E-state index in [0.29, 0.717) is 0 Å². The normalized spacial score (nSPS) is 18.9. The summed E-state index contributed by atoms with van der Waals surface area (Å²) in [5, 5.41) is 1.05. The number of nitrogens with zero attached hydrogens (tertiary/aromatic N) is 6. The average molecular weight is 495 g/mol. The summed E-state index contributed by atoms with van der Waals surface area (Å²) < 4.78 is 11.4. The van der Waals surface area contributed by atoms with E-state index in [0.717, 1.165) is 98.3 Å². The number of pyridine rings is 4. The van der Waals surface area contributed by atoms with Crippen molar-refractivity contribution in [2.45, 2.75) is 25.2 Å². The molecule has 0 unspecified atom stereocenters. The molecule has 0 bridgehead atoms. The number of hydrogen-bond acceptors (Lipinski definition) is 8. The number of ether oxygens (including phenoxy) is 2. The molecule has 2 fully saturated rings. The molecule has 0 aromatic carbocycles. The van der Waals surface area contributed by atoms with E-state index in [9.17, 15) is 0 Å². The summed E-state index contributed by atoms with van der Waals surface area (Å²) in [6.45, 7) is 7.79. The van der Waals surface area contributed by atoms with E-state index >= 15 is 0 Å². The first-order chi connectivity index (χ1) is 18.2. The lowest BCUT2D eigenvalue weighted by molar-refractivity contribution is 0.0546. The molecule has 2 saturated heterocycles. The summed E-state index contributed by atoms with van der Waals surface area (Å²) in [6.07, 6.45) is 7.62. The van der Waals surface area contributed by atoms with Crippen molar-refractivity contribution in [2.75, 3.05) is 55.9 Å². The van der Waals surface area contributed by atoms with Crippen LogP contribution in [-0.2, 0) is 14.9 Å². The molecule has 3 aliphatic heterocycles. The SMILES string of the molecule is Cc1c(-c2ccccn2)nc2ncccc2c1N1CC2(CCOCC2)c2ncc(N3CCOCC3)cc21. The van der Waals surface area contributed by atoms with Crippen LogP contribution in [0.4, 0.5) is 17.1 Å². The minimum atomic E-state index is -0.0352. The van der Waals surface area contributed by atoms with Crippen LogP contribution in [0.25, 0.3) is 22.4 Å². The van der Waals surface area contributed by atoms with Crippen molar-refractivity contribution in [3.63, 3.8) is 0 Å². The largest absolute Gasteiger partial charge is 0.381 e. The van der Waals surface area contributed by atoms with Gasteiger partial charge in [0.1, 0.15) is 0 Å². The van der Waals surface area contributed by atoms with Crippen molar-refractivity contribution < 1.29 is 9.47 Å². The maximum atomic E-state index is 5.81. The van der Waals surface area contributed by atoms with Crippen molar-refractivity contribution in [1.82, 2.24) is 19.9 Å². The van der Waals surface area contributed by atoms with Gasteiger partial charge in [0.05, 0.1) is 53.6 Å². The Kier molecular flexibility index (Phi) is 5.52. The summed E-state index contributed by atoms with van der Waals surface area (Å²) in [4.78, 5) is 24.3. The summed E-state index contributed by atoms with van der Waals surface area (Å²) in [7, 11) is 0. The van der Waals surface area contributed by atoms with Gasteiger partial charge in [-0.1, -0.05) is 6.07 Å². The Morgan fingerprint density at radius 1 is 0.892 bits per heavy atom. The summed E-state index contributed by atoms with van der Waals surface area (Å²) >= 11 is 0. The molecule has 4 aromatic heterocycles. The standard InChI is InChI=1S/C29H30N6O2/c1-20-25(23-6-2-3-9-30-23)33-28-22(5-4-10-31-28)26(20)35-19-29(7-13-36-14-8-29)27-24(35)17-21(18-32-27)34-11-15-37-16-12-34/h2-6,9-10,17-18H,7-8,11-16,19H2,1H3. The highest BCUT2D eigenvalue weighted by molar-refractivity contribution is 5.98. The number of anilines is 3. The summed E-state index contributed by atoms with van der Waals surface area (Å²) in [5.41, 5.74) is 8.17. The van der Waals surface area contributed by atoms with Gasteiger partial charge in [0.25, 0.3) is 0 Å². The van der Waals surface area contributed by atoms with E-state index in [1.165, 1.54) is 11.4 Å². The summed E-state index contributed by atoms with van der Waals surface area (Å²) in [5.74, 6) is 0. The molecular weight excluding hydrogens is 464 g/mol. The fourth-order valence-corrected chi connectivity index (χ4v) is 6.15. The first-order valence-corrected chi connectivity index (χ1v) is 13.1. The van der Waals surface area contributed by atoms with Crippen LogP contribution in [0.3, 0.4) is 0 Å². The van der Waals surface area contributed by atoms with Crippen LogP contribution >= 0.6 is 0 Å². The third-order valence-corrected chi connectivity index (χ3v) is 8.08. The minimum absolute atomic E-state index is 0.0352. The van der Waals surface area contributed by atoms with E-state index in [2.05, 4.69) is 45.0 Å². The Morgan fingerprint density at radius 3 is 2.51 bits per heavy atom. The molecule has 8 heteroatoms. The van der Waals surface area contributed by atoms with Crippen molar-refractivity contribution in [3.05, 3.63) is 66.2 Å². The second kappa shape index (κ2) is 9.04. The van der Waals surface area contributed by atoms with Gasteiger partial charge < -0.3 is 19.3 Å². The van der Waals surface area contributed by atoms with Crippen LogP contribution in [0, 0.1) is 6.92 Å². The van der Waals surface area contributed by atoms with Gasteiger partial charge in [-0.05, 0) is 50.1 Å². The Bertz CT molecular complexity index is 1450. The Hall–Kier alpha value is -3.62. The molecule has 0 amide bonds. The fraction of sp³-hybridized carbons (Fsp3) is 0.379. The van der Waals surface area contributed by atoms with Crippen molar-refractivity contribution in [2.24, 2.45) is 0 Å². The molecule has 0 radical (unpaired) electrons. The van der Waals surface area contributed by atoms with E-state index in [4.69, 9.17) is 19.4 Å². The van der Waals surface area contributed by atoms with Crippen molar-refractivity contribution >= 4 is 28.1 Å². The lowest BCUT2D eigenvalue weighted by Crippen LogP contribution is -2.38. The Labute approximate surface area is 216 Å². The third-order valence-electron chi connectivity index (χ3n) is 8.08. The number of hydrogen-bond donors (Lipinski definition) is 0. The van der Waals surface area contributed by atoms with E-state index < -0.39 is 0 Å². The zero-order valence-corrected chi connectivity index (χ0v) is 21.1. The van der Waals surface area contributed by atoms with Crippen LogP contribution in [0.5, 0.6) is 0 Å². The molecule has 0 N–H and O–H groups in total. The average Bonchev–Trinajstić information content (AvgIpc) is 3.26. The zero-order valence-electron chi connectivity index (χ0n) is 21.1. The third kappa shape index (κ3) is 3.74. The van der Waals surface area contributed by atoms with Gasteiger partial charge in [0, 0.05) is 61.6 Å². The molecule has 8 nitrogen and oxygen atoms in total. The van der Waals surface area contributed by atoms with Crippen LogP contribution < -0.4 is 9.80 Å². The second-order valence-corrected chi connectivity index (χ2v) is 10.2. The quantitative estimate of drug-likeness (QED) is 0.414. The molecule has 7 heterocycles. The molecule has 37 heavy (non-hydrogen) atoms. The van der Waals surface area contributed by atoms with Crippen molar-refractivity contribution in [3.8, 4) is 11.4 Å². The van der Waals surface area contributed by atoms with Crippen LogP contribution in [0.2, 0.25) is 0 Å². The van der Waals surface area contributed by atoms with Crippen LogP contribution in [0.15, 0.2) is 55.0 Å². The highest BCUT2D eigenvalue weighted by Crippen LogP contribution is 2.51. The number of rotatable bonds is 3. The van der Waals surface area contributed by atoms with E-state index in [1.54, 1.807) is 0 Å². The maximum absolute atomic E-state index is 5.81. The molecular formula is C29H30N6O2. The van der Waals surface area contributed by atoms with Gasteiger partial charge in [-0.25, -0.2) is 9.97 Å². The highest BCUT2D eigenvalue weighted by Gasteiger charge is 2.46. The topological polar surface area (TPSA) is 76.5 Å². The van der Waals surface area contributed by atoms with Crippen LogP contribution in [-0.4, -0.2) is 66.0 Å². The monoisotopic (exact) mass is 494 g/mol. The van der Waals surface area contributed by atoms with Gasteiger partial charge in [-0.15, -0.1) is 0 Å². The second-order valence-electron chi connectivity index (χ2n) is 10.2. The van der Waals surface area contributed by atoms with Crippen LogP contribution in [0.1, 0.15) is 24.1 Å². The molecule has 3 aliphatic rings. The first kappa shape index (κ1) is 22.6. The van der Waals surface area contributed by atoms with E-state index in [1.807, 2.05) is 36.7 Å². The van der Waals surface area contributed by atoms with Gasteiger partial charge in [-0.3, -0.25) is 9.97 Å². The number of morpholine rings is 1. The van der Waals surface area contributed by atoms with Gasteiger partial charge >= 0.3 is 0 Å². The molecule has 7 rings (SSSR count). The van der Waals surface area contributed by atoms with Crippen molar-refractivity contribution in [1.29, 1.82) is 0 Å². The smallest absolute Gasteiger partial charge is 0.161 e. The molecule has 0 saturated carbocycles. The molecule has 0 atom stereocenters. The van der Waals surface area contributed by atoms with Gasteiger partial charge in [0.15, 0.2) is 5.65 Å². The maximum Gasteiger partial charge on any atom is 0.161 e. The molecule has 1 spiro atoms. The van der Waals surface area contributed by atoms with Gasteiger partial charge in [-0.2, -0.15) is 0 Å². The lowest BCUT2D eigenvalue weighted by atomic mass is 9.78. The fourth-order valence-electron chi connectivity index (χ4n) is 6.15. The molecule has 0 aliphatic carbocycles. The van der Waals surface area contributed by atoms with E-state index in [-0.39, 0.29) is 5.41 Å². The number of fused-ring (bicyclic) bond motifs is 3. The predicted molar refractivity (Wildman–Crippen MR) is 144 cm³/mol. The Morgan fingerprint density at radius 2 is 1.70 bits per heavy atom.